The van der Waals surface area contributed by atoms with Crippen LogP contribution in [0.1, 0.15) is 24.5 Å². The van der Waals surface area contributed by atoms with E-state index < -0.39 is 0 Å². The van der Waals surface area contributed by atoms with Gasteiger partial charge >= 0.3 is 0 Å². The molecule has 1 aromatic rings. The molecule has 1 aromatic carbocycles. The van der Waals surface area contributed by atoms with E-state index in [-0.39, 0.29) is 0 Å². The average Bonchev–Trinajstić information content (AvgIpc) is 2.53. The summed E-state index contributed by atoms with van der Waals surface area (Å²) in [6.45, 7) is 4.33. The molecular formula is C13H14. The first kappa shape index (κ1) is 8.31. The molecule has 0 nitrogen and oxygen atoms in total. The van der Waals surface area contributed by atoms with Crippen LogP contribution < -0.4 is 0 Å². The maximum Gasteiger partial charge on any atom is -0.00856 e. The highest BCUT2D eigenvalue weighted by Gasteiger charge is 2.07. The predicted octanol–water partition coefficient (Wildman–Crippen LogP) is 3.73. The number of benzene rings is 1. The van der Waals surface area contributed by atoms with Crippen molar-refractivity contribution in [3.05, 3.63) is 53.1 Å². The van der Waals surface area contributed by atoms with E-state index in [1.807, 2.05) is 0 Å². The summed E-state index contributed by atoms with van der Waals surface area (Å²) in [6, 6.07) is 8.57. The SMILES string of the molecule is CC1=CCC(c2ccccc2C)=C1. The molecule has 0 fully saturated rings. The first-order valence-electron chi connectivity index (χ1n) is 4.71. The molecule has 0 heterocycles. The minimum absolute atomic E-state index is 1.09. The maximum atomic E-state index is 2.28. The molecule has 0 aromatic heterocycles. The normalized spacial score (nSPS) is 15.5. The zero-order valence-electron chi connectivity index (χ0n) is 8.17. The number of hydrogen-bond donors (Lipinski definition) is 0. The van der Waals surface area contributed by atoms with E-state index in [4.69, 9.17) is 0 Å². The lowest BCUT2D eigenvalue weighted by Crippen LogP contribution is -1.84. The number of rotatable bonds is 1. The quantitative estimate of drug-likeness (QED) is 0.602. The van der Waals surface area contributed by atoms with Crippen LogP contribution in [-0.2, 0) is 0 Å². The Hall–Kier alpha value is -1.30. The third-order valence-electron chi connectivity index (χ3n) is 2.54. The Labute approximate surface area is 79.6 Å². The van der Waals surface area contributed by atoms with Crippen LogP contribution in [-0.4, -0.2) is 0 Å². The van der Waals surface area contributed by atoms with E-state index in [1.54, 1.807) is 0 Å². The molecule has 0 unspecified atom stereocenters. The van der Waals surface area contributed by atoms with Crippen molar-refractivity contribution in [2.24, 2.45) is 0 Å². The molecule has 1 aliphatic rings. The fourth-order valence-electron chi connectivity index (χ4n) is 1.78. The molecule has 2 rings (SSSR count). The summed E-state index contributed by atoms with van der Waals surface area (Å²) in [6.07, 6.45) is 5.65. The molecule has 0 atom stereocenters. The Balaban J connectivity index is 2.38. The fourth-order valence-corrected chi connectivity index (χ4v) is 1.78. The van der Waals surface area contributed by atoms with Gasteiger partial charge in [-0.15, -0.1) is 0 Å². The van der Waals surface area contributed by atoms with E-state index in [2.05, 4.69) is 50.3 Å². The fraction of sp³-hybridized carbons (Fsp3) is 0.231. The van der Waals surface area contributed by atoms with Crippen molar-refractivity contribution in [1.29, 1.82) is 0 Å². The van der Waals surface area contributed by atoms with Gasteiger partial charge in [-0.1, -0.05) is 42.0 Å². The van der Waals surface area contributed by atoms with Gasteiger partial charge in [0.1, 0.15) is 0 Å². The molecule has 13 heavy (non-hydrogen) atoms. The standard InChI is InChI=1S/C13H14/c1-10-7-8-12(9-10)13-6-4-3-5-11(13)2/h3-7,9H,8H2,1-2H3. The molecule has 66 valence electrons. The Kier molecular flexibility index (Phi) is 2.05. The number of aryl methyl sites for hydroxylation is 1. The van der Waals surface area contributed by atoms with Crippen molar-refractivity contribution in [2.45, 2.75) is 20.3 Å². The summed E-state index contributed by atoms with van der Waals surface area (Å²) in [5, 5.41) is 0. The van der Waals surface area contributed by atoms with Gasteiger partial charge in [0.15, 0.2) is 0 Å². The molecule has 0 amide bonds. The van der Waals surface area contributed by atoms with Gasteiger partial charge in [0.05, 0.1) is 0 Å². The first-order chi connectivity index (χ1) is 6.27. The molecule has 0 spiro atoms. The van der Waals surface area contributed by atoms with Crippen LogP contribution in [0.3, 0.4) is 0 Å². The summed E-state index contributed by atoms with van der Waals surface area (Å²) in [4.78, 5) is 0. The third kappa shape index (κ3) is 1.57. The van der Waals surface area contributed by atoms with Crippen LogP contribution >= 0.6 is 0 Å². The van der Waals surface area contributed by atoms with Gasteiger partial charge < -0.3 is 0 Å². The zero-order valence-corrected chi connectivity index (χ0v) is 8.17. The molecule has 0 heteroatoms. The van der Waals surface area contributed by atoms with Crippen LogP contribution in [0.15, 0.2) is 42.0 Å². The maximum absolute atomic E-state index is 2.28. The highest BCUT2D eigenvalue weighted by atomic mass is 14.1. The second kappa shape index (κ2) is 3.21. The summed E-state index contributed by atoms with van der Waals surface area (Å²) in [5.74, 6) is 0. The van der Waals surface area contributed by atoms with Crippen molar-refractivity contribution >= 4 is 5.57 Å². The Morgan fingerprint density at radius 2 is 1.85 bits per heavy atom. The minimum Gasteiger partial charge on any atom is -0.0772 e. The van der Waals surface area contributed by atoms with Crippen molar-refractivity contribution in [2.75, 3.05) is 0 Å². The average molecular weight is 170 g/mol. The van der Waals surface area contributed by atoms with E-state index in [0.717, 1.165) is 6.42 Å². The molecule has 0 aliphatic heterocycles. The Morgan fingerprint density at radius 1 is 1.08 bits per heavy atom. The molecule has 1 aliphatic carbocycles. The molecule has 0 saturated heterocycles. The monoisotopic (exact) mass is 170 g/mol. The van der Waals surface area contributed by atoms with E-state index in [9.17, 15) is 0 Å². The van der Waals surface area contributed by atoms with Crippen LogP contribution in [0.5, 0.6) is 0 Å². The van der Waals surface area contributed by atoms with Gasteiger partial charge in [0.25, 0.3) is 0 Å². The lowest BCUT2D eigenvalue weighted by atomic mass is 10.0. The van der Waals surface area contributed by atoms with Gasteiger partial charge in [0.2, 0.25) is 0 Å². The van der Waals surface area contributed by atoms with E-state index >= 15 is 0 Å². The van der Waals surface area contributed by atoms with Crippen LogP contribution in [0.4, 0.5) is 0 Å². The predicted molar refractivity (Wildman–Crippen MR) is 57.5 cm³/mol. The summed E-state index contributed by atoms with van der Waals surface area (Å²) in [7, 11) is 0. The van der Waals surface area contributed by atoms with Crippen molar-refractivity contribution < 1.29 is 0 Å². The Bertz CT molecular complexity index is 381. The lowest BCUT2D eigenvalue weighted by molar-refractivity contribution is 1.36. The van der Waals surface area contributed by atoms with Crippen molar-refractivity contribution in [3.8, 4) is 0 Å². The first-order valence-corrected chi connectivity index (χ1v) is 4.71. The van der Waals surface area contributed by atoms with Gasteiger partial charge in [-0.2, -0.15) is 0 Å². The summed E-state index contributed by atoms with van der Waals surface area (Å²) in [5.41, 5.74) is 5.61. The molecular weight excluding hydrogens is 156 g/mol. The van der Waals surface area contributed by atoms with E-state index in [0.29, 0.717) is 0 Å². The van der Waals surface area contributed by atoms with Crippen LogP contribution in [0, 0.1) is 6.92 Å². The number of hydrogen-bond acceptors (Lipinski definition) is 0. The van der Waals surface area contributed by atoms with Gasteiger partial charge in [-0.25, -0.2) is 0 Å². The van der Waals surface area contributed by atoms with Crippen molar-refractivity contribution in [1.82, 2.24) is 0 Å². The zero-order chi connectivity index (χ0) is 9.26. The second-order valence-electron chi connectivity index (χ2n) is 3.64. The molecule has 0 saturated carbocycles. The lowest BCUT2D eigenvalue weighted by Gasteiger charge is -2.05. The summed E-state index contributed by atoms with van der Waals surface area (Å²) >= 11 is 0. The highest BCUT2D eigenvalue weighted by Crippen LogP contribution is 2.28. The van der Waals surface area contributed by atoms with Gasteiger partial charge in [-0.05, 0) is 37.0 Å². The van der Waals surface area contributed by atoms with Gasteiger partial charge in [0, 0.05) is 0 Å². The minimum atomic E-state index is 1.09. The summed E-state index contributed by atoms with van der Waals surface area (Å²) < 4.78 is 0. The second-order valence-corrected chi connectivity index (χ2v) is 3.64. The largest absolute Gasteiger partial charge is 0.0772 e. The van der Waals surface area contributed by atoms with E-state index in [1.165, 1.54) is 22.3 Å². The molecule has 0 bridgehead atoms. The van der Waals surface area contributed by atoms with Crippen LogP contribution in [0.2, 0.25) is 0 Å². The molecule has 0 radical (unpaired) electrons. The van der Waals surface area contributed by atoms with Crippen molar-refractivity contribution in [3.63, 3.8) is 0 Å². The smallest absolute Gasteiger partial charge is 0.00856 e. The third-order valence-corrected chi connectivity index (χ3v) is 2.54. The molecule has 0 N–H and O–H groups in total. The topological polar surface area (TPSA) is 0 Å². The van der Waals surface area contributed by atoms with Crippen LogP contribution in [0.25, 0.3) is 5.57 Å². The Morgan fingerprint density at radius 3 is 2.46 bits per heavy atom. The van der Waals surface area contributed by atoms with Gasteiger partial charge in [-0.3, -0.25) is 0 Å². The number of allylic oxidation sites excluding steroid dienone is 4. The highest BCUT2D eigenvalue weighted by molar-refractivity contribution is 5.74.